The predicted molar refractivity (Wildman–Crippen MR) is 130 cm³/mol. The maximum absolute atomic E-state index is 12.2. The van der Waals surface area contributed by atoms with E-state index >= 15 is 0 Å². The van der Waals surface area contributed by atoms with Crippen LogP contribution in [-0.2, 0) is 14.3 Å². The summed E-state index contributed by atoms with van der Waals surface area (Å²) in [5.41, 5.74) is 0. The zero-order valence-corrected chi connectivity index (χ0v) is 20.3. The van der Waals surface area contributed by atoms with E-state index in [1.807, 2.05) is 6.08 Å². The van der Waals surface area contributed by atoms with Gasteiger partial charge in [-0.05, 0) is 57.4 Å². The third-order valence-electron chi connectivity index (χ3n) is 5.36. The molecule has 0 radical (unpaired) electrons. The average Bonchev–Trinajstić information content (AvgIpc) is 2.74. The number of carbonyl (C=O) groups excluding carboxylic acids is 1. The number of carboxylic acid groups (broad SMARTS) is 1. The maximum atomic E-state index is 12.2. The SMILES string of the molecule is CCC/C=C\C(CCCCCCC(=O)O)OC(=O)CCCCCCC/C=C\CCCC. The van der Waals surface area contributed by atoms with Crippen molar-refractivity contribution in [1.82, 2.24) is 0 Å². The Hall–Kier alpha value is -1.58. The fourth-order valence-corrected chi connectivity index (χ4v) is 3.43. The first-order chi connectivity index (χ1) is 15.1. The second kappa shape index (κ2) is 23.1. The highest BCUT2D eigenvalue weighted by Gasteiger charge is 2.11. The van der Waals surface area contributed by atoms with Crippen molar-refractivity contribution in [3.05, 3.63) is 24.3 Å². The lowest BCUT2D eigenvalue weighted by Gasteiger charge is -2.14. The summed E-state index contributed by atoms with van der Waals surface area (Å²) >= 11 is 0. The fourth-order valence-electron chi connectivity index (χ4n) is 3.43. The normalized spacial score (nSPS) is 12.6. The molecule has 0 aliphatic rings. The predicted octanol–water partition coefficient (Wildman–Crippen LogP) is 8.16. The third kappa shape index (κ3) is 22.9. The van der Waals surface area contributed by atoms with E-state index in [9.17, 15) is 9.59 Å². The summed E-state index contributed by atoms with van der Waals surface area (Å²) in [6, 6.07) is 0. The number of carbonyl (C=O) groups is 2. The minimum Gasteiger partial charge on any atom is -0.481 e. The van der Waals surface area contributed by atoms with Crippen molar-refractivity contribution in [2.75, 3.05) is 0 Å². The van der Waals surface area contributed by atoms with Crippen LogP contribution >= 0.6 is 0 Å². The Morgan fingerprint density at radius 2 is 1.32 bits per heavy atom. The maximum Gasteiger partial charge on any atom is 0.306 e. The summed E-state index contributed by atoms with van der Waals surface area (Å²) < 4.78 is 5.70. The Morgan fingerprint density at radius 3 is 2.00 bits per heavy atom. The molecule has 0 spiro atoms. The van der Waals surface area contributed by atoms with E-state index in [0.717, 1.165) is 57.8 Å². The lowest BCUT2D eigenvalue weighted by molar-refractivity contribution is -0.147. The van der Waals surface area contributed by atoms with Crippen LogP contribution in [0.4, 0.5) is 0 Å². The minimum absolute atomic E-state index is 0.0871. The standard InChI is InChI=1S/C27H48O4/c1-3-5-7-8-9-10-11-12-13-14-20-24-27(30)31-25(21-17-6-4-2)22-18-15-16-19-23-26(28)29/h8-9,17,21,25H,3-7,10-16,18-20,22-24H2,1-2H3,(H,28,29)/b9-8-,21-17-. The zero-order valence-electron chi connectivity index (χ0n) is 20.3. The van der Waals surface area contributed by atoms with Gasteiger partial charge in [-0.1, -0.05) is 83.4 Å². The third-order valence-corrected chi connectivity index (χ3v) is 5.36. The molecule has 4 heteroatoms. The van der Waals surface area contributed by atoms with Gasteiger partial charge in [0.15, 0.2) is 0 Å². The van der Waals surface area contributed by atoms with Crippen molar-refractivity contribution in [1.29, 1.82) is 0 Å². The van der Waals surface area contributed by atoms with E-state index in [0.29, 0.717) is 6.42 Å². The van der Waals surface area contributed by atoms with E-state index in [1.165, 1.54) is 44.9 Å². The van der Waals surface area contributed by atoms with E-state index in [4.69, 9.17) is 9.84 Å². The molecule has 0 aromatic heterocycles. The molecule has 1 atom stereocenters. The van der Waals surface area contributed by atoms with Crippen molar-refractivity contribution < 1.29 is 19.4 Å². The van der Waals surface area contributed by atoms with Gasteiger partial charge < -0.3 is 9.84 Å². The van der Waals surface area contributed by atoms with Crippen LogP contribution in [0, 0.1) is 0 Å². The average molecular weight is 437 g/mol. The number of allylic oxidation sites excluding steroid dienone is 3. The van der Waals surface area contributed by atoms with Gasteiger partial charge in [0.25, 0.3) is 0 Å². The number of ether oxygens (including phenoxy) is 1. The Morgan fingerprint density at radius 1 is 0.710 bits per heavy atom. The van der Waals surface area contributed by atoms with Gasteiger partial charge in [0.2, 0.25) is 0 Å². The van der Waals surface area contributed by atoms with Crippen molar-refractivity contribution in [2.45, 2.75) is 136 Å². The van der Waals surface area contributed by atoms with Crippen molar-refractivity contribution in [3.8, 4) is 0 Å². The van der Waals surface area contributed by atoms with Gasteiger partial charge in [0, 0.05) is 12.8 Å². The molecule has 0 fully saturated rings. The number of carboxylic acids is 1. The van der Waals surface area contributed by atoms with Gasteiger partial charge in [-0.2, -0.15) is 0 Å². The van der Waals surface area contributed by atoms with Crippen LogP contribution in [-0.4, -0.2) is 23.1 Å². The minimum atomic E-state index is -0.728. The number of esters is 1. The highest BCUT2D eigenvalue weighted by Crippen LogP contribution is 2.14. The summed E-state index contributed by atoms with van der Waals surface area (Å²) in [6.45, 7) is 4.36. The molecule has 0 saturated heterocycles. The molecule has 0 heterocycles. The molecule has 0 aliphatic carbocycles. The zero-order chi connectivity index (χ0) is 23.0. The molecule has 180 valence electrons. The van der Waals surface area contributed by atoms with Crippen molar-refractivity contribution in [2.24, 2.45) is 0 Å². The molecular formula is C27H48O4. The summed E-state index contributed by atoms with van der Waals surface area (Å²) in [4.78, 5) is 22.8. The lowest BCUT2D eigenvalue weighted by atomic mass is 10.1. The summed E-state index contributed by atoms with van der Waals surface area (Å²) in [5.74, 6) is -0.815. The number of unbranched alkanes of at least 4 members (excludes halogenated alkanes) is 11. The second-order valence-corrected chi connectivity index (χ2v) is 8.51. The number of hydrogen-bond acceptors (Lipinski definition) is 3. The van der Waals surface area contributed by atoms with Crippen LogP contribution in [0.15, 0.2) is 24.3 Å². The highest BCUT2D eigenvalue weighted by molar-refractivity contribution is 5.69. The van der Waals surface area contributed by atoms with Crippen LogP contribution in [0.2, 0.25) is 0 Å². The molecule has 0 aromatic rings. The Bertz CT molecular complexity index is 482. The molecule has 0 aliphatic heterocycles. The molecule has 4 nitrogen and oxygen atoms in total. The van der Waals surface area contributed by atoms with E-state index < -0.39 is 5.97 Å². The van der Waals surface area contributed by atoms with Gasteiger partial charge in [0.1, 0.15) is 6.10 Å². The first-order valence-electron chi connectivity index (χ1n) is 12.8. The van der Waals surface area contributed by atoms with E-state index in [-0.39, 0.29) is 18.5 Å². The second-order valence-electron chi connectivity index (χ2n) is 8.51. The first-order valence-corrected chi connectivity index (χ1v) is 12.8. The number of aliphatic carboxylic acids is 1. The van der Waals surface area contributed by atoms with Crippen molar-refractivity contribution in [3.63, 3.8) is 0 Å². The molecule has 0 aromatic carbocycles. The Labute approximate surface area is 191 Å². The van der Waals surface area contributed by atoms with Gasteiger partial charge in [-0.25, -0.2) is 0 Å². The van der Waals surface area contributed by atoms with E-state index in [1.54, 1.807) is 0 Å². The Kier molecular flexibility index (Phi) is 21.9. The molecule has 0 rings (SSSR count). The van der Waals surface area contributed by atoms with Crippen LogP contribution in [0.5, 0.6) is 0 Å². The van der Waals surface area contributed by atoms with Gasteiger partial charge in [-0.3, -0.25) is 9.59 Å². The number of hydrogen-bond donors (Lipinski definition) is 1. The van der Waals surface area contributed by atoms with E-state index in [2.05, 4.69) is 32.1 Å². The van der Waals surface area contributed by atoms with Crippen LogP contribution in [0.1, 0.15) is 129 Å². The summed E-state index contributed by atoms with van der Waals surface area (Å²) in [7, 11) is 0. The molecule has 0 amide bonds. The fraction of sp³-hybridized carbons (Fsp3) is 0.778. The molecule has 1 N–H and O–H groups in total. The lowest BCUT2D eigenvalue weighted by Crippen LogP contribution is -2.16. The van der Waals surface area contributed by atoms with Crippen LogP contribution in [0.25, 0.3) is 0 Å². The first kappa shape index (κ1) is 29.4. The van der Waals surface area contributed by atoms with Crippen molar-refractivity contribution >= 4 is 11.9 Å². The largest absolute Gasteiger partial charge is 0.481 e. The molecule has 0 saturated carbocycles. The molecule has 0 bridgehead atoms. The summed E-state index contributed by atoms with van der Waals surface area (Å²) in [5, 5.41) is 8.69. The van der Waals surface area contributed by atoms with Crippen LogP contribution < -0.4 is 0 Å². The topological polar surface area (TPSA) is 63.6 Å². The smallest absolute Gasteiger partial charge is 0.306 e. The van der Waals surface area contributed by atoms with Crippen LogP contribution in [0.3, 0.4) is 0 Å². The van der Waals surface area contributed by atoms with Gasteiger partial charge in [0.05, 0.1) is 0 Å². The molecule has 1 unspecified atom stereocenters. The highest BCUT2D eigenvalue weighted by atomic mass is 16.5. The van der Waals surface area contributed by atoms with Gasteiger partial charge in [-0.15, -0.1) is 0 Å². The Balaban J connectivity index is 3.90. The monoisotopic (exact) mass is 436 g/mol. The summed E-state index contributed by atoms with van der Waals surface area (Å²) in [6.07, 6.45) is 26.4. The number of rotatable bonds is 22. The quantitative estimate of drug-likeness (QED) is 0.106. The molecule has 31 heavy (non-hydrogen) atoms. The molecular weight excluding hydrogens is 388 g/mol. The van der Waals surface area contributed by atoms with Gasteiger partial charge >= 0.3 is 11.9 Å².